The molecule has 2 rings (SSSR count). The van der Waals surface area contributed by atoms with E-state index in [1.807, 2.05) is 57.8 Å². The Balaban J connectivity index is 2.49. The molecule has 1 aromatic carbocycles. The molecule has 0 unspecified atom stereocenters. The summed E-state index contributed by atoms with van der Waals surface area (Å²) in [6, 6.07) is 5.82. The monoisotopic (exact) mass is 248 g/mol. The molecule has 4 nitrogen and oxygen atoms in total. The van der Waals surface area contributed by atoms with Gasteiger partial charge in [-0.15, -0.1) is 0 Å². The van der Waals surface area contributed by atoms with Crippen LogP contribution in [0.5, 0.6) is 5.75 Å². The Morgan fingerprint density at radius 2 is 2.00 bits per heavy atom. The van der Waals surface area contributed by atoms with Crippen molar-refractivity contribution in [2.75, 3.05) is 17.3 Å². The van der Waals surface area contributed by atoms with Crippen LogP contribution in [0.15, 0.2) is 18.2 Å². The van der Waals surface area contributed by atoms with Gasteiger partial charge in [0.1, 0.15) is 17.0 Å². The summed E-state index contributed by atoms with van der Waals surface area (Å²) in [5, 5.41) is 2.95. The van der Waals surface area contributed by atoms with Crippen LogP contribution < -0.4 is 15.0 Å². The van der Waals surface area contributed by atoms with Crippen molar-refractivity contribution in [1.29, 1.82) is 0 Å². The fourth-order valence-corrected chi connectivity index (χ4v) is 2.00. The zero-order valence-corrected chi connectivity index (χ0v) is 11.6. The zero-order valence-electron chi connectivity index (χ0n) is 11.6. The number of fused-ring (bicyclic) bond motifs is 1. The number of ether oxygens (including phenoxy) is 1. The Bertz CT molecular complexity index is 481. The van der Waals surface area contributed by atoms with E-state index in [0.29, 0.717) is 0 Å². The Morgan fingerprint density at radius 3 is 2.61 bits per heavy atom. The van der Waals surface area contributed by atoms with Gasteiger partial charge in [-0.1, -0.05) is 6.07 Å². The fourth-order valence-electron chi connectivity index (χ4n) is 2.00. The average Bonchev–Trinajstić information content (AvgIpc) is 2.27. The summed E-state index contributed by atoms with van der Waals surface area (Å²) in [4.78, 5) is 14.1. The minimum Gasteiger partial charge on any atom is -0.489 e. The minimum absolute atomic E-state index is 0.0164. The van der Waals surface area contributed by atoms with Crippen molar-refractivity contribution < 1.29 is 9.53 Å². The van der Waals surface area contributed by atoms with Crippen molar-refractivity contribution in [2.45, 2.75) is 39.3 Å². The molecule has 0 radical (unpaired) electrons. The van der Waals surface area contributed by atoms with E-state index in [2.05, 4.69) is 5.32 Å². The number of carbonyl (C=O) groups is 1. The van der Waals surface area contributed by atoms with Crippen molar-refractivity contribution in [3.05, 3.63) is 18.2 Å². The van der Waals surface area contributed by atoms with Crippen LogP contribution in [0.25, 0.3) is 0 Å². The summed E-state index contributed by atoms with van der Waals surface area (Å²) in [5.41, 5.74) is 1.19. The highest BCUT2D eigenvalue weighted by molar-refractivity contribution is 6.07. The van der Waals surface area contributed by atoms with Gasteiger partial charge in [0, 0.05) is 7.05 Å². The van der Waals surface area contributed by atoms with E-state index in [1.165, 1.54) is 0 Å². The molecule has 0 aliphatic carbocycles. The van der Waals surface area contributed by atoms with Crippen LogP contribution >= 0.6 is 0 Å². The summed E-state index contributed by atoms with van der Waals surface area (Å²) in [6.45, 7) is 7.75. The highest BCUT2D eigenvalue weighted by atomic mass is 16.5. The normalized spacial score (nSPS) is 17.4. The lowest BCUT2D eigenvalue weighted by molar-refractivity contribution is -0.120. The molecule has 0 aromatic heterocycles. The predicted octanol–water partition coefficient (Wildman–Crippen LogP) is 2.64. The largest absolute Gasteiger partial charge is 0.489 e. The van der Waals surface area contributed by atoms with Crippen LogP contribution in [0.3, 0.4) is 0 Å². The molecule has 4 heteroatoms. The second kappa shape index (κ2) is 4.19. The highest BCUT2D eigenvalue weighted by Crippen LogP contribution is 2.41. The highest BCUT2D eigenvalue weighted by Gasteiger charge is 2.39. The maximum atomic E-state index is 12.1. The Morgan fingerprint density at radius 1 is 1.33 bits per heavy atom. The summed E-state index contributed by atoms with van der Waals surface area (Å²) >= 11 is 0. The second-order valence-corrected chi connectivity index (χ2v) is 5.39. The number of para-hydroxylation sites is 1. The van der Waals surface area contributed by atoms with Crippen molar-refractivity contribution in [2.24, 2.45) is 0 Å². The number of hydrogen-bond donors (Lipinski definition) is 1. The lowest BCUT2D eigenvalue weighted by Gasteiger charge is -2.41. The molecule has 1 aliphatic rings. The van der Waals surface area contributed by atoms with Crippen molar-refractivity contribution in [3.8, 4) is 5.75 Å². The van der Waals surface area contributed by atoms with E-state index in [1.54, 1.807) is 0 Å². The topological polar surface area (TPSA) is 41.6 Å². The first-order chi connectivity index (χ1) is 8.34. The molecule has 1 N–H and O–H groups in total. The van der Waals surface area contributed by atoms with Crippen LogP contribution in [-0.2, 0) is 4.79 Å². The molecule has 0 spiro atoms. The van der Waals surface area contributed by atoms with Gasteiger partial charge in [-0.2, -0.15) is 0 Å². The van der Waals surface area contributed by atoms with E-state index >= 15 is 0 Å². The maximum absolute atomic E-state index is 12.1. The van der Waals surface area contributed by atoms with Crippen molar-refractivity contribution in [1.82, 2.24) is 0 Å². The van der Waals surface area contributed by atoms with Crippen molar-refractivity contribution in [3.63, 3.8) is 0 Å². The van der Waals surface area contributed by atoms with E-state index < -0.39 is 5.54 Å². The van der Waals surface area contributed by atoms with Crippen LogP contribution in [-0.4, -0.2) is 24.6 Å². The standard InChI is InChI=1S/C14H20N2O2/c1-9(2)18-11-8-6-7-10-12(11)15-13(17)14(3,4)16(10)5/h6-9H,1-5H3,(H,15,17). The molecule has 0 atom stereocenters. The van der Waals surface area contributed by atoms with Crippen LogP contribution in [0, 0.1) is 0 Å². The van der Waals surface area contributed by atoms with Crippen LogP contribution in [0.1, 0.15) is 27.7 Å². The smallest absolute Gasteiger partial charge is 0.249 e. The number of hydrogen-bond acceptors (Lipinski definition) is 3. The Kier molecular flexibility index (Phi) is 2.97. The quantitative estimate of drug-likeness (QED) is 0.874. The molecule has 0 bridgehead atoms. The first kappa shape index (κ1) is 12.7. The lowest BCUT2D eigenvalue weighted by Crippen LogP contribution is -2.54. The minimum atomic E-state index is -0.552. The lowest BCUT2D eigenvalue weighted by atomic mass is 9.97. The third-order valence-corrected chi connectivity index (χ3v) is 3.36. The maximum Gasteiger partial charge on any atom is 0.249 e. The predicted molar refractivity (Wildman–Crippen MR) is 73.3 cm³/mol. The molecule has 1 heterocycles. The first-order valence-electron chi connectivity index (χ1n) is 6.19. The Labute approximate surface area is 108 Å². The van der Waals surface area contributed by atoms with Gasteiger partial charge < -0.3 is 15.0 Å². The zero-order chi connectivity index (χ0) is 13.5. The molecule has 0 fully saturated rings. The van der Waals surface area contributed by atoms with Crippen LogP contribution in [0.4, 0.5) is 11.4 Å². The number of benzene rings is 1. The third-order valence-electron chi connectivity index (χ3n) is 3.36. The van der Waals surface area contributed by atoms with Crippen molar-refractivity contribution >= 4 is 17.3 Å². The number of anilines is 2. The summed E-state index contributed by atoms with van der Waals surface area (Å²) in [7, 11) is 1.93. The molecule has 1 aromatic rings. The van der Waals surface area contributed by atoms with E-state index in [0.717, 1.165) is 17.1 Å². The number of likely N-dealkylation sites (N-methyl/N-ethyl adjacent to an activating group) is 1. The molecule has 0 saturated heterocycles. The van der Waals surface area contributed by atoms with Gasteiger partial charge in [-0.05, 0) is 39.8 Å². The van der Waals surface area contributed by atoms with Gasteiger partial charge in [0.15, 0.2) is 0 Å². The molecule has 98 valence electrons. The summed E-state index contributed by atoms with van der Waals surface area (Å²) in [6.07, 6.45) is 0.0774. The van der Waals surface area contributed by atoms with Gasteiger partial charge in [0.05, 0.1) is 11.8 Å². The number of nitrogens with zero attached hydrogens (tertiary/aromatic N) is 1. The number of carbonyl (C=O) groups excluding carboxylic acids is 1. The van der Waals surface area contributed by atoms with Crippen LogP contribution in [0.2, 0.25) is 0 Å². The molecular formula is C14H20N2O2. The van der Waals surface area contributed by atoms with Gasteiger partial charge in [-0.3, -0.25) is 4.79 Å². The number of amides is 1. The van der Waals surface area contributed by atoms with E-state index in [-0.39, 0.29) is 12.0 Å². The molecule has 18 heavy (non-hydrogen) atoms. The molecule has 1 amide bonds. The number of nitrogens with one attached hydrogen (secondary N) is 1. The van der Waals surface area contributed by atoms with E-state index in [9.17, 15) is 4.79 Å². The average molecular weight is 248 g/mol. The second-order valence-electron chi connectivity index (χ2n) is 5.39. The summed E-state index contributed by atoms with van der Waals surface area (Å²) in [5.74, 6) is 0.704. The van der Waals surface area contributed by atoms with Gasteiger partial charge >= 0.3 is 0 Å². The molecule has 1 aliphatic heterocycles. The SMILES string of the molecule is CC(C)Oc1cccc2c1NC(=O)C(C)(C)N2C. The molecule has 0 saturated carbocycles. The first-order valence-corrected chi connectivity index (χ1v) is 6.19. The molecular weight excluding hydrogens is 228 g/mol. The summed E-state index contributed by atoms with van der Waals surface area (Å²) < 4.78 is 5.74. The fraction of sp³-hybridized carbons (Fsp3) is 0.500. The number of rotatable bonds is 2. The third kappa shape index (κ3) is 1.92. The van der Waals surface area contributed by atoms with Gasteiger partial charge in [0.25, 0.3) is 0 Å². The van der Waals surface area contributed by atoms with E-state index in [4.69, 9.17) is 4.74 Å². The Hall–Kier alpha value is -1.71. The van der Waals surface area contributed by atoms with Gasteiger partial charge in [0.2, 0.25) is 5.91 Å². The van der Waals surface area contributed by atoms with Gasteiger partial charge in [-0.25, -0.2) is 0 Å².